The van der Waals surface area contributed by atoms with Gasteiger partial charge in [-0.2, -0.15) is 0 Å². The minimum absolute atomic E-state index is 0.721. The van der Waals surface area contributed by atoms with Gasteiger partial charge in [0.2, 0.25) is 0 Å². The molecule has 0 radical (unpaired) electrons. The summed E-state index contributed by atoms with van der Waals surface area (Å²) >= 11 is 0. The van der Waals surface area contributed by atoms with Crippen LogP contribution in [-0.2, 0) is 0 Å². The molecule has 7 nitrogen and oxygen atoms in total. The van der Waals surface area contributed by atoms with Crippen molar-refractivity contribution >= 4 is 17.0 Å². The number of fused-ring (bicyclic) bond motifs is 1. The number of aromatic amines is 1. The van der Waals surface area contributed by atoms with Gasteiger partial charge in [0.05, 0.1) is 6.33 Å². The van der Waals surface area contributed by atoms with Crippen molar-refractivity contribution in [3.8, 4) is 0 Å². The molecule has 0 saturated carbocycles. The van der Waals surface area contributed by atoms with E-state index < -0.39 is 0 Å². The lowest BCUT2D eigenvalue weighted by atomic mass is 10.3. The first-order valence-corrected chi connectivity index (χ1v) is 6.20. The van der Waals surface area contributed by atoms with E-state index in [9.17, 15) is 0 Å². The van der Waals surface area contributed by atoms with Crippen molar-refractivity contribution in [3.05, 3.63) is 12.7 Å². The molecule has 7 heteroatoms. The third kappa shape index (κ3) is 2.02. The fraction of sp³-hybridized carbons (Fsp3) is 0.545. The average molecular weight is 247 g/mol. The second kappa shape index (κ2) is 4.87. The molecule has 0 bridgehead atoms. The minimum Gasteiger partial charge on any atom is -0.352 e. The lowest BCUT2D eigenvalue weighted by Crippen LogP contribution is -2.48. The molecule has 1 saturated heterocycles. The van der Waals surface area contributed by atoms with Crippen LogP contribution in [0.2, 0.25) is 0 Å². The zero-order valence-corrected chi connectivity index (χ0v) is 10.2. The summed E-state index contributed by atoms with van der Waals surface area (Å²) in [5.41, 5.74) is 7.22. The third-order valence-corrected chi connectivity index (χ3v) is 3.32. The Kier molecular flexibility index (Phi) is 3.07. The quantitative estimate of drug-likeness (QED) is 0.755. The summed E-state index contributed by atoms with van der Waals surface area (Å²) in [5, 5.41) is 0. The summed E-state index contributed by atoms with van der Waals surface area (Å²) in [5.74, 6) is 0.949. The van der Waals surface area contributed by atoms with Gasteiger partial charge in [-0.05, 0) is 0 Å². The lowest BCUT2D eigenvalue weighted by molar-refractivity contribution is 0.264. The molecule has 0 atom stereocenters. The Balaban J connectivity index is 1.78. The summed E-state index contributed by atoms with van der Waals surface area (Å²) in [7, 11) is 0. The molecular formula is C11H17N7. The molecule has 0 amide bonds. The second-order valence-electron chi connectivity index (χ2n) is 4.42. The summed E-state index contributed by atoms with van der Waals surface area (Å²) in [4.78, 5) is 20.4. The minimum atomic E-state index is 0.721. The SMILES string of the molecule is NCCN1CCN(c2ncnc3nc[nH]c23)CC1. The molecule has 0 aliphatic carbocycles. The van der Waals surface area contributed by atoms with E-state index in [0.717, 1.165) is 56.3 Å². The lowest BCUT2D eigenvalue weighted by Gasteiger charge is -2.35. The standard InChI is InChI=1S/C11H17N7/c12-1-2-17-3-5-18(6-4-17)11-9-10(14-7-13-9)15-8-16-11/h7-8H,1-6,12H2,(H,13,14,15,16). The highest BCUT2D eigenvalue weighted by Crippen LogP contribution is 2.20. The molecular weight excluding hydrogens is 230 g/mol. The molecule has 96 valence electrons. The molecule has 3 N–H and O–H groups in total. The molecule has 2 aromatic heterocycles. The number of nitrogens with two attached hydrogens (primary N) is 1. The molecule has 2 aromatic rings. The highest BCUT2D eigenvalue weighted by molar-refractivity contribution is 5.82. The second-order valence-corrected chi connectivity index (χ2v) is 4.42. The number of nitrogens with one attached hydrogen (secondary N) is 1. The van der Waals surface area contributed by atoms with Crippen LogP contribution >= 0.6 is 0 Å². The Morgan fingerprint density at radius 3 is 2.78 bits per heavy atom. The van der Waals surface area contributed by atoms with E-state index in [2.05, 4.69) is 29.7 Å². The summed E-state index contributed by atoms with van der Waals surface area (Å²) in [6.07, 6.45) is 3.23. The maximum atomic E-state index is 5.58. The van der Waals surface area contributed by atoms with Crippen LogP contribution in [0.5, 0.6) is 0 Å². The first kappa shape index (κ1) is 11.4. The van der Waals surface area contributed by atoms with Crippen LogP contribution in [0.1, 0.15) is 0 Å². The van der Waals surface area contributed by atoms with Crippen molar-refractivity contribution in [2.24, 2.45) is 5.73 Å². The maximum Gasteiger partial charge on any atom is 0.182 e. The first-order valence-electron chi connectivity index (χ1n) is 6.20. The topological polar surface area (TPSA) is 87.0 Å². The Hall–Kier alpha value is -1.73. The molecule has 0 aromatic carbocycles. The number of hydrogen-bond donors (Lipinski definition) is 2. The highest BCUT2D eigenvalue weighted by Gasteiger charge is 2.19. The Labute approximate surface area is 105 Å². The van der Waals surface area contributed by atoms with E-state index in [1.807, 2.05) is 0 Å². The van der Waals surface area contributed by atoms with Gasteiger partial charge in [-0.15, -0.1) is 0 Å². The average Bonchev–Trinajstić information content (AvgIpc) is 2.88. The third-order valence-electron chi connectivity index (χ3n) is 3.32. The van der Waals surface area contributed by atoms with E-state index in [0.29, 0.717) is 0 Å². The number of rotatable bonds is 3. The zero-order chi connectivity index (χ0) is 12.4. The summed E-state index contributed by atoms with van der Waals surface area (Å²) in [6.45, 7) is 5.67. The van der Waals surface area contributed by atoms with Crippen LogP contribution in [0.15, 0.2) is 12.7 Å². The number of H-pyrrole nitrogens is 1. The Bertz CT molecular complexity index is 515. The first-order chi connectivity index (χ1) is 8.88. The van der Waals surface area contributed by atoms with Gasteiger partial charge in [0.1, 0.15) is 11.8 Å². The number of anilines is 1. The predicted octanol–water partition coefficient (Wildman–Crippen LogP) is -0.566. The van der Waals surface area contributed by atoms with Gasteiger partial charge in [-0.25, -0.2) is 15.0 Å². The van der Waals surface area contributed by atoms with E-state index in [1.54, 1.807) is 12.7 Å². The largest absolute Gasteiger partial charge is 0.352 e. The van der Waals surface area contributed by atoms with Gasteiger partial charge in [0.25, 0.3) is 0 Å². The van der Waals surface area contributed by atoms with E-state index in [-0.39, 0.29) is 0 Å². The van der Waals surface area contributed by atoms with Crippen LogP contribution < -0.4 is 10.6 Å². The fourth-order valence-corrected chi connectivity index (χ4v) is 2.36. The number of imidazole rings is 1. The van der Waals surface area contributed by atoms with E-state index in [4.69, 9.17) is 5.73 Å². The van der Waals surface area contributed by atoms with Crippen LogP contribution in [0, 0.1) is 0 Å². The Morgan fingerprint density at radius 2 is 2.00 bits per heavy atom. The molecule has 3 heterocycles. The van der Waals surface area contributed by atoms with Crippen LogP contribution in [0.4, 0.5) is 5.82 Å². The normalized spacial score (nSPS) is 17.5. The summed E-state index contributed by atoms with van der Waals surface area (Å²) < 4.78 is 0. The number of aromatic nitrogens is 4. The van der Waals surface area contributed by atoms with Crippen LogP contribution in [-0.4, -0.2) is 64.1 Å². The predicted molar refractivity (Wildman–Crippen MR) is 69.4 cm³/mol. The molecule has 1 aliphatic heterocycles. The van der Waals surface area contributed by atoms with Crippen molar-refractivity contribution in [2.75, 3.05) is 44.2 Å². The van der Waals surface area contributed by atoms with E-state index in [1.165, 1.54) is 0 Å². The highest BCUT2D eigenvalue weighted by atomic mass is 15.3. The molecule has 3 rings (SSSR count). The molecule has 0 unspecified atom stereocenters. The van der Waals surface area contributed by atoms with Gasteiger partial charge in [-0.1, -0.05) is 0 Å². The van der Waals surface area contributed by atoms with Gasteiger partial charge < -0.3 is 15.6 Å². The van der Waals surface area contributed by atoms with E-state index >= 15 is 0 Å². The fourth-order valence-electron chi connectivity index (χ4n) is 2.36. The zero-order valence-electron chi connectivity index (χ0n) is 10.2. The van der Waals surface area contributed by atoms with Gasteiger partial charge in [0.15, 0.2) is 11.5 Å². The van der Waals surface area contributed by atoms with Crippen molar-refractivity contribution in [1.82, 2.24) is 24.8 Å². The molecule has 1 fully saturated rings. The van der Waals surface area contributed by atoms with Crippen LogP contribution in [0.3, 0.4) is 0 Å². The van der Waals surface area contributed by atoms with Crippen molar-refractivity contribution in [3.63, 3.8) is 0 Å². The molecule has 18 heavy (non-hydrogen) atoms. The van der Waals surface area contributed by atoms with Crippen LogP contribution in [0.25, 0.3) is 11.2 Å². The van der Waals surface area contributed by atoms with Crippen molar-refractivity contribution in [1.29, 1.82) is 0 Å². The van der Waals surface area contributed by atoms with Gasteiger partial charge in [0, 0.05) is 39.3 Å². The van der Waals surface area contributed by atoms with Crippen molar-refractivity contribution < 1.29 is 0 Å². The smallest absolute Gasteiger partial charge is 0.182 e. The molecule has 0 spiro atoms. The number of hydrogen-bond acceptors (Lipinski definition) is 6. The monoisotopic (exact) mass is 247 g/mol. The van der Waals surface area contributed by atoms with Crippen molar-refractivity contribution in [2.45, 2.75) is 0 Å². The number of nitrogens with zero attached hydrogens (tertiary/aromatic N) is 5. The summed E-state index contributed by atoms with van der Waals surface area (Å²) in [6, 6.07) is 0. The molecule has 1 aliphatic rings. The number of piperazine rings is 1. The Morgan fingerprint density at radius 1 is 1.17 bits per heavy atom. The van der Waals surface area contributed by atoms with Gasteiger partial charge >= 0.3 is 0 Å². The maximum absolute atomic E-state index is 5.58. The van der Waals surface area contributed by atoms with Gasteiger partial charge in [-0.3, -0.25) is 4.90 Å².